The Bertz CT molecular complexity index is 674. The third-order valence-corrected chi connectivity index (χ3v) is 5.71. The van der Waals surface area contributed by atoms with Crippen LogP contribution in [0.25, 0.3) is 0 Å². The fraction of sp³-hybridized carbons (Fsp3) is 0.722. The summed E-state index contributed by atoms with van der Waals surface area (Å²) in [6.45, 7) is 6.07. The van der Waals surface area contributed by atoms with Gasteiger partial charge in [-0.2, -0.15) is 0 Å². The van der Waals surface area contributed by atoms with Crippen LogP contribution in [0, 0.1) is 0 Å². The Kier molecular flexibility index (Phi) is 5.38. The first-order valence-corrected chi connectivity index (χ1v) is 9.90. The van der Waals surface area contributed by atoms with Crippen molar-refractivity contribution >= 4 is 5.95 Å². The number of hydrogen-bond donors (Lipinski definition) is 0. The molecule has 2 aromatic heterocycles. The van der Waals surface area contributed by atoms with E-state index in [1.54, 1.807) is 0 Å². The van der Waals surface area contributed by atoms with Crippen molar-refractivity contribution in [2.24, 2.45) is 0 Å². The van der Waals surface area contributed by atoms with Gasteiger partial charge >= 0.3 is 0 Å². The summed E-state index contributed by atoms with van der Waals surface area (Å²) in [5.41, 5.74) is 0. The summed E-state index contributed by atoms with van der Waals surface area (Å²) < 4.78 is 2.13. The fourth-order valence-corrected chi connectivity index (χ4v) is 4.30. The molecule has 140 valence electrons. The standard InChI is InChI=1S/C18H28N8/c1-2-16(17-21-22-23-26(17)15-7-4-3-5-8-15)24-11-13-25(14-12-24)18-19-9-6-10-20-18/h6,9-10,15-16H,2-5,7-8,11-14H2,1H3/t16-/m1/s1. The van der Waals surface area contributed by atoms with Gasteiger partial charge in [0.15, 0.2) is 5.82 Å². The summed E-state index contributed by atoms with van der Waals surface area (Å²) in [5, 5.41) is 12.8. The van der Waals surface area contributed by atoms with Crippen LogP contribution in [-0.4, -0.2) is 61.3 Å². The SMILES string of the molecule is CC[C@H](c1nnnn1C1CCCCC1)N1CCN(c2ncccn2)CC1. The molecule has 1 saturated heterocycles. The van der Waals surface area contributed by atoms with E-state index in [0.717, 1.165) is 44.4 Å². The normalized spacial score (nSPS) is 21.0. The second-order valence-electron chi connectivity index (χ2n) is 7.27. The number of nitrogens with zero attached hydrogens (tertiary/aromatic N) is 8. The van der Waals surface area contributed by atoms with E-state index in [4.69, 9.17) is 0 Å². The zero-order valence-corrected chi connectivity index (χ0v) is 15.5. The molecule has 4 rings (SSSR count). The third-order valence-electron chi connectivity index (χ3n) is 5.71. The molecular formula is C18H28N8. The summed E-state index contributed by atoms with van der Waals surface area (Å²) in [6, 6.07) is 2.62. The number of rotatable bonds is 5. The van der Waals surface area contributed by atoms with Crippen molar-refractivity contribution in [2.75, 3.05) is 31.1 Å². The quantitative estimate of drug-likeness (QED) is 0.813. The highest BCUT2D eigenvalue weighted by atomic mass is 15.6. The van der Waals surface area contributed by atoms with Crippen LogP contribution in [0.2, 0.25) is 0 Å². The number of aromatic nitrogens is 6. The van der Waals surface area contributed by atoms with E-state index in [1.165, 1.54) is 32.1 Å². The molecule has 0 unspecified atom stereocenters. The van der Waals surface area contributed by atoms with Crippen molar-refractivity contribution in [1.29, 1.82) is 0 Å². The van der Waals surface area contributed by atoms with Gasteiger partial charge in [-0.15, -0.1) is 5.10 Å². The second-order valence-corrected chi connectivity index (χ2v) is 7.27. The predicted octanol–water partition coefficient (Wildman–Crippen LogP) is 2.24. The topological polar surface area (TPSA) is 75.9 Å². The van der Waals surface area contributed by atoms with Gasteiger partial charge in [0.05, 0.1) is 12.1 Å². The molecule has 0 bridgehead atoms. The molecule has 2 aromatic rings. The molecule has 0 radical (unpaired) electrons. The summed E-state index contributed by atoms with van der Waals surface area (Å²) >= 11 is 0. The molecule has 8 nitrogen and oxygen atoms in total. The fourth-order valence-electron chi connectivity index (χ4n) is 4.30. The first kappa shape index (κ1) is 17.3. The van der Waals surface area contributed by atoms with Crippen molar-refractivity contribution in [1.82, 2.24) is 35.1 Å². The minimum atomic E-state index is 0.283. The van der Waals surface area contributed by atoms with Crippen LogP contribution < -0.4 is 4.90 Å². The Hall–Kier alpha value is -2.09. The Labute approximate surface area is 154 Å². The van der Waals surface area contributed by atoms with Crippen LogP contribution in [0.4, 0.5) is 5.95 Å². The zero-order valence-electron chi connectivity index (χ0n) is 15.5. The Morgan fingerprint density at radius 1 is 1.04 bits per heavy atom. The van der Waals surface area contributed by atoms with Gasteiger partial charge in [-0.1, -0.05) is 26.2 Å². The van der Waals surface area contributed by atoms with Crippen molar-refractivity contribution in [2.45, 2.75) is 57.5 Å². The second kappa shape index (κ2) is 8.07. The average molecular weight is 356 g/mol. The van der Waals surface area contributed by atoms with Crippen LogP contribution in [0.5, 0.6) is 0 Å². The van der Waals surface area contributed by atoms with Gasteiger partial charge in [0.2, 0.25) is 5.95 Å². The third kappa shape index (κ3) is 3.56. The van der Waals surface area contributed by atoms with Crippen LogP contribution in [0.1, 0.15) is 63.4 Å². The minimum absolute atomic E-state index is 0.283. The first-order chi connectivity index (χ1) is 12.9. The molecule has 0 N–H and O–H groups in total. The van der Waals surface area contributed by atoms with E-state index < -0.39 is 0 Å². The number of hydrogen-bond acceptors (Lipinski definition) is 7. The number of anilines is 1. The van der Waals surface area contributed by atoms with Crippen molar-refractivity contribution in [3.63, 3.8) is 0 Å². The molecule has 1 aliphatic heterocycles. The largest absolute Gasteiger partial charge is 0.338 e. The zero-order chi connectivity index (χ0) is 17.8. The molecule has 1 atom stereocenters. The van der Waals surface area contributed by atoms with Gasteiger partial charge in [-0.05, 0) is 35.8 Å². The van der Waals surface area contributed by atoms with Gasteiger partial charge in [0, 0.05) is 38.6 Å². The van der Waals surface area contributed by atoms with Crippen LogP contribution in [0.3, 0.4) is 0 Å². The number of tetrazole rings is 1. The summed E-state index contributed by atoms with van der Waals surface area (Å²) in [4.78, 5) is 13.5. The molecule has 2 fully saturated rings. The maximum Gasteiger partial charge on any atom is 0.225 e. The van der Waals surface area contributed by atoms with Crippen molar-refractivity contribution < 1.29 is 0 Å². The average Bonchev–Trinajstić information content (AvgIpc) is 3.20. The molecule has 3 heterocycles. The van der Waals surface area contributed by atoms with Gasteiger partial charge in [-0.3, -0.25) is 4.90 Å². The summed E-state index contributed by atoms with van der Waals surface area (Å²) in [5.74, 6) is 1.87. The van der Waals surface area contributed by atoms with Crippen molar-refractivity contribution in [3.05, 3.63) is 24.3 Å². The molecular weight excluding hydrogens is 328 g/mol. The lowest BCUT2D eigenvalue weighted by atomic mass is 9.95. The predicted molar refractivity (Wildman–Crippen MR) is 98.8 cm³/mol. The Balaban J connectivity index is 1.45. The van der Waals surface area contributed by atoms with E-state index in [2.05, 4.69) is 46.9 Å². The lowest BCUT2D eigenvalue weighted by Gasteiger charge is -2.38. The van der Waals surface area contributed by atoms with Gasteiger partial charge in [-0.25, -0.2) is 14.6 Å². The Morgan fingerprint density at radius 3 is 2.46 bits per heavy atom. The molecule has 0 spiro atoms. The highest BCUT2D eigenvalue weighted by molar-refractivity contribution is 5.29. The first-order valence-electron chi connectivity index (χ1n) is 9.90. The maximum atomic E-state index is 4.44. The highest BCUT2D eigenvalue weighted by Gasteiger charge is 2.30. The van der Waals surface area contributed by atoms with E-state index in [-0.39, 0.29) is 6.04 Å². The summed E-state index contributed by atoms with van der Waals surface area (Å²) in [7, 11) is 0. The van der Waals surface area contributed by atoms with Gasteiger partial charge in [0.1, 0.15) is 0 Å². The van der Waals surface area contributed by atoms with E-state index >= 15 is 0 Å². The lowest BCUT2D eigenvalue weighted by Crippen LogP contribution is -2.48. The summed E-state index contributed by atoms with van der Waals surface area (Å²) in [6.07, 6.45) is 11.0. The van der Waals surface area contributed by atoms with E-state index in [0.29, 0.717) is 6.04 Å². The molecule has 1 aliphatic carbocycles. The molecule has 26 heavy (non-hydrogen) atoms. The number of piperazine rings is 1. The lowest BCUT2D eigenvalue weighted by molar-refractivity contribution is 0.163. The monoisotopic (exact) mass is 356 g/mol. The van der Waals surface area contributed by atoms with E-state index in [9.17, 15) is 0 Å². The minimum Gasteiger partial charge on any atom is -0.338 e. The van der Waals surface area contributed by atoms with Crippen LogP contribution >= 0.6 is 0 Å². The highest BCUT2D eigenvalue weighted by Crippen LogP contribution is 2.31. The Morgan fingerprint density at radius 2 is 1.77 bits per heavy atom. The van der Waals surface area contributed by atoms with Gasteiger partial charge < -0.3 is 4.90 Å². The van der Waals surface area contributed by atoms with E-state index in [1.807, 2.05) is 18.5 Å². The smallest absolute Gasteiger partial charge is 0.225 e. The van der Waals surface area contributed by atoms with Crippen LogP contribution in [-0.2, 0) is 0 Å². The molecule has 0 amide bonds. The molecule has 8 heteroatoms. The van der Waals surface area contributed by atoms with Gasteiger partial charge in [0.25, 0.3) is 0 Å². The maximum absolute atomic E-state index is 4.44. The van der Waals surface area contributed by atoms with Crippen molar-refractivity contribution in [3.8, 4) is 0 Å². The molecule has 1 saturated carbocycles. The molecule has 0 aromatic carbocycles. The molecule has 2 aliphatic rings. The van der Waals surface area contributed by atoms with Crippen LogP contribution in [0.15, 0.2) is 18.5 Å².